The van der Waals surface area contributed by atoms with Gasteiger partial charge in [0.2, 0.25) is 0 Å². The molecule has 0 bridgehead atoms. The molecule has 46 heavy (non-hydrogen) atoms. The molecule has 0 aliphatic heterocycles. The predicted octanol–water partition coefficient (Wildman–Crippen LogP) is 12.8. The average molecular weight is 587 g/mol. The highest BCUT2D eigenvalue weighted by Crippen LogP contribution is 2.44. The Hall–Kier alpha value is -6.12. The Morgan fingerprint density at radius 3 is 1.41 bits per heavy atom. The molecule has 0 saturated heterocycles. The second-order valence-electron chi connectivity index (χ2n) is 12.0. The molecule has 0 radical (unpaired) electrons. The molecule has 0 aliphatic rings. The average Bonchev–Trinajstić information content (AvgIpc) is 3.66. The second-order valence-corrected chi connectivity index (χ2v) is 12.0. The van der Waals surface area contributed by atoms with Crippen molar-refractivity contribution in [3.05, 3.63) is 158 Å². The van der Waals surface area contributed by atoms with Crippen LogP contribution in [0.3, 0.4) is 0 Å². The second kappa shape index (κ2) is 9.69. The van der Waals surface area contributed by atoms with Crippen LogP contribution in [0, 0.1) is 0 Å². The molecule has 2 aromatic heterocycles. The lowest BCUT2D eigenvalue weighted by atomic mass is 9.85. The number of hydrogen-bond acceptors (Lipinski definition) is 2. The van der Waals surface area contributed by atoms with Gasteiger partial charge in [0.1, 0.15) is 22.3 Å². The van der Waals surface area contributed by atoms with Gasteiger partial charge in [0.25, 0.3) is 0 Å². The highest BCUT2D eigenvalue weighted by molar-refractivity contribution is 6.21. The third kappa shape index (κ3) is 3.71. The molecule has 10 aromatic rings. The molecule has 2 heteroatoms. The Bertz CT molecular complexity index is 2740. The van der Waals surface area contributed by atoms with E-state index in [1.54, 1.807) is 0 Å². The van der Waals surface area contributed by atoms with Crippen LogP contribution in [0.15, 0.2) is 167 Å². The minimum atomic E-state index is 0.837. The van der Waals surface area contributed by atoms with E-state index >= 15 is 0 Å². The third-order valence-corrected chi connectivity index (χ3v) is 9.45. The van der Waals surface area contributed by atoms with Gasteiger partial charge in [-0.1, -0.05) is 121 Å². The number of furan rings is 2. The summed E-state index contributed by atoms with van der Waals surface area (Å²) >= 11 is 0. The fourth-order valence-electron chi connectivity index (χ4n) is 7.38. The van der Waals surface area contributed by atoms with Gasteiger partial charge in [0, 0.05) is 27.6 Å². The SMILES string of the molecule is c1ccc(-c2c3ccccc3c(-c3cccc(-c4ccc5oc6cc7oc8ccccc8c7cc6c5c4)c3)c3ccccc23)cc1. The van der Waals surface area contributed by atoms with Crippen molar-refractivity contribution in [2.24, 2.45) is 0 Å². The lowest BCUT2D eigenvalue weighted by Crippen LogP contribution is -1.91. The number of hydrogen-bond donors (Lipinski definition) is 0. The largest absolute Gasteiger partial charge is 0.456 e. The molecular weight excluding hydrogens is 560 g/mol. The van der Waals surface area contributed by atoms with E-state index in [1.165, 1.54) is 49.4 Å². The van der Waals surface area contributed by atoms with Crippen LogP contribution in [0.4, 0.5) is 0 Å². The molecule has 2 nitrogen and oxygen atoms in total. The molecule has 0 unspecified atom stereocenters. The summed E-state index contributed by atoms with van der Waals surface area (Å²) < 4.78 is 12.5. The maximum absolute atomic E-state index is 6.32. The third-order valence-electron chi connectivity index (χ3n) is 9.45. The van der Waals surface area contributed by atoms with E-state index in [1.807, 2.05) is 18.2 Å². The molecule has 2 heterocycles. The van der Waals surface area contributed by atoms with E-state index in [9.17, 15) is 0 Å². The Balaban J connectivity index is 1.18. The van der Waals surface area contributed by atoms with Gasteiger partial charge >= 0.3 is 0 Å². The van der Waals surface area contributed by atoms with E-state index in [0.717, 1.165) is 49.4 Å². The topological polar surface area (TPSA) is 26.3 Å². The molecule has 0 atom stereocenters. The van der Waals surface area contributed by atoms with Gasteiger partial charge in [0.05, 0.1) is 0 Å². The summed E-state index contributed by atoms with van der Waals surface area (Å²) in [7, 11) is 0. The van der Waals surface area contributed by atoms with Crippen LogP contribution in [-0.4, -0.2) is 0 Å². The van der Waals surface area contributed by atoms with Crippen molar-refractivity contribution < 1.29 is 8.83 Å². The van der Waals surface area contributed by atoms with E-state index in [4.69, 9.17) is 8.83 Å². The van der Waals surface area contributed by atoms with Crippen LogP contribution < -0.4 is 0 Å². The summed E-state index contributed by atoms with van der Waals surface area (Å²) in [4.78, 5) is 0. The van der Waals surface area contributed by atoms with Crippen molar-refractivity contribution in [2.75, 3.05) is 0 Å². The monoisotopic (exact) mass is 586 g/mol. The first-order valence-electron chi connectivity index (χ1n) is 15.7. The quantitative estimate of drug-likeness (QED) is 0.193. The number of benzene rings is 8. The molecule has 0 aliphatic carbocycles. The van der Waals surface area contributed by atoms with E-state index < -0.39 is 0 Å². The van der Waals surface area contributed by atoms with Crippen LogP contribution in [0.25, 0.3) is 98.8 Å². The van der Waals surface area contributed by atoms with Crippen molar-refractivity contribution in [3.63, 3.8) is 0 Å². The van der Waals surface area contributed by atoms with Crippen LogP contribution in [0.1, 0.15) is 0 Å². The van der Waals surface area contributed by atoms with Gasteiger partial charge in [-0.3, -0.25) is 0 Å². The molecular formula is C44H26O2. The molecule has 0 N–H and O–H groups in total. The Morgan fingerprint density at radius 2 is 0.717 bits per heavy atom. The summed E-state index contributed by atoms with van der Waals surface area (Å²) in [6.45, 7) is 0. The summed E-state index contributed by atoms with van der Waals surface area (Å²) in [5.74, 6) is 0. The minimum absolute atomic E-state index is 0.837. The normalized spacial score (nSPS) is 11.9. The van der Waals surface area contributed by atoms with Gasteiger partial charge < -0.3 is 8.83 Å². The van der Waals surface area contributed by atoms with E-state index in [2.05, 4.69) is 140 Å². The summed E-state index contributed by atoms with van der Waals surface area (Å²) in [5.41, 5.74) is 10.8. The molecule has 0 fully saturated rings. The first-order valence-corrected chi connectivity index (χ1v) is 15.7. The molecule has 0 spiro atoms. The van der Waals surface area contributed by atoms with Gasteiger partial charge in [-0.05, 0) is 85.3 Å². The zero-order chi connectivity index (χ0) is 30.2. The Kier molecular flexibility index (Phi) is 5.31. The zero-order valence-corrected chi connectivity index (χ0v) is 24.8. The fraction of sp³-hybridized carbons (Fsp3) is 0. The van der Waals surface area contributed by atoms with Crippen LogP contribution in [0.2, 0.25) is 0 Å². The van der Waals surface area contributed by atoms with Crippen molar-refractivity contribution in [3.8, 4) is 33.4 Å². The van der Waals surface area contributed by atoms with Gasteiger partial charge in [-0.15, -0.1) is 0 Å². The predicted molar refractivity (Wildman–Crippen MR) is 192 cm³/mol. The van der Waals surface area contributed by atoms with Crippen molar-refractivity contribution in [2.45, 2.75) is 0 Å². The zero-order valence-electron chi connectivity index (χ0n) is 24.8. The lowest BCUT2D eigenvalue weighted by molar-refractivity contribution is 0.656. The molecule has 8 aromatic carbocycles. The van der Waals surface area contributed by atoms with E-state index in [-0.39, 0.29) is 0 Å². The van der Waals surface area contributed by atoms with Crippen molar-refractivity contribution in [1.29, 1.82) is 0 Å². The van der Waals surface area contributed by atoms with Gasteiger partial charge in [-0.2, -0.15) is 0 Å². The first kappa shape index (κ1) is 25.2. The van der Waals surface area contributed by atoms with Crippen LogP contribution in [-0.2, 0) is 0 Å². The molecule has 10 rings (SSSR count). The summed E-state index contributed by atoms with van der Waals surface area (Å²) in [6, 6.07) is 56.3. The highest BCUT2D eigenvalue weighted by atomic mass is 16.3. The van der Waals surface area contributed by atoms with E-state index in [0.29, 0.717) is 0 Å². The lowest BCUT2D eigenvalue weighted by Gasteiger charge is -2.18. The van der Waals surface area contributed by atoms with Crippen molar-refractivity contribution >= 4 is 65.4 Å². The fourth-order valence-corrected chi connectivity index (χ4v) is 7.38. The Morgan fingerprint density at radius 1 is 0.239 bits per heavy atom. The molecule has 0 saturated carbocycles. The smallest absolute Gasteiger partial charge is 0.139 e. The van der Waals surface area contributed by atoms with Crippen LogP contribution >= 0.6 is 0 Å². The number of rotatable bonds is 3. The molecule has 214 valence electrons. The Labute approximate surface area is 264 Å². The number of para-hydroxylation sites is 1. The maximum Gasteiger partial charge on any atom is 0.139 e. The minimum Gasteiger partial charge on any atom is -0.456 e. The maximum atomic E-state index is 6.32. The first-order chi connectivity index (χ1) is 22.8. The molecule has 0 amide bonds. The number of fused-ring (bicyclic) bond motifs is 8. The summed E-state index contributed by atoms with van der Waals surface area (Å²) in [6.07, 6.45) is 0. The van der Waals surface area contributed by atoms with Crippen molar-refractivity contribution in [1.82, 2.24) is 0 Å². The van der Waals surface area contributed by atoms with Crippen LogP contribution in [0.5, 0.6) is 0 Å². The summed E-state index contributed by atoms with van der Waals surface area (Å²) in [5, 5.41) is 9.46. The van der Waals surface area contributed by atoms with Gasteiger partial charge in [0.15, 0.2) is 0 Å². The van der Waals surface area contributed by atoms with Gasteiger partial charge in [-0.25, -0.2) is 0 Å². The standard InChI is InChI=1S/C44H26O2/c1-2-11-27(12-3-1)43-32-16-4-6-18-34(32)44(35-19-7-5-17-33(35)43)30-14-10-13-28(23-30)29-21-22-40-36(24-29)38-25-37-31-15-8-9-20-39(31)45-41(37)26-42(38)46-40/h1-26H. The highest BCUT2D eigenvalue weighted by Gasteiger charge is 2.18.